The van der Waals surface area contributed by atoms with E-state index < -0.39 is 12.1 Å². The van der Waals surface area contributed by atoms with Crippen molar-refractivity contribution in [3.8, 4) is 5.88 Å². The highest BCUT2D eigenvalue weighted by atomic mass is 16.4. The van der Waals surface area contributed by atoms with Crippen LogP contribution in [0.3, 0.4) is 0 Å². The Kier molecular flexibility index (Phi) is 5.44. The molecule has 1 aromatic heterocycles. The van der Waals surface area contributed by atoms with Crippen LogP contribution in [0.25, 0.3) is 10.9 Å². The summed E-state index contributed by atoms with van der Waals surface area (Å²) in [7, 11) is 0. The average Bonchev–Trinajstić information content (AvgIpc) is 3.02. The van der Waals surface area contributed by atoms with Crippen LogP contribution in [0.4, 0.5) is 5.69 Å². The van der Waals surface area contributed by atoms with Crippen molar-refractivity contribution in [2.24, 2.45) is 10.2 Å². The Hall–Kier alpha value is -3.71. The van der Waals surface area contributed by atoms with E-state index in [1.165, 1.54) is 0 Å². The summed E-state index contributed by atoms with van der Waals surface area (Å²) in [4.78, 5) is 14.0. The van der Waals surface area contributed by atoms with Gasteiger partial charge in [-0.15, -0.1) is 5.11 Å². The van der Waals surface area contributed by atoms with Crippen LogP contribution in [0, 0.1) is 13.8 Å². The Balaban J connectivity index is 1.68. The number of allylic oxidation sites excluding steroid dienone is 2. The molecule has 7 nitrogen and oxygen atoms in total. The number of aliphatic hydroxyl groups is 1. The molecular formula is C24H23N3O4. The van der Waals surface area contributed by atoms with E-state index in [-0.39, 0.29) is 23.9 Å². The van der Waals surface area contributed by atoms with Crippen molar-refractivity contribution < 1.29 is 20.1 Å². The fourth-order valence-electron chi connectivity index (χ4n) is 4.05. The lowest BCUT2D eigenvalue weighted by atomic mass is 9.87. The molecule has 1 heterocycles. The second kappa shape index (κ2) is 8.20. The molecule has 31 heavy (non-hydrogen) atoms. The van der Waals surface area contributed by atoms with Crippen molar-refractivity contribution >= 4 is 22.6 Å². The Labute approximate surface area is 179 Å². The molecule has 1 aliphatic rings. The highest BCUT2D eigenvalue weighted by molar-refractivity contribution is 5.98. The Morgan fingerprint density at radius 2 is 1.87 bits per heavy atom. The van der Waals surface area contributed by atoms with Gasteiger partial charge in [0.25, 0.3) is 0 Å². The maximum Gasteiger partial charge on any atom is 0.307 e. The molecule has 158 valence electrons. The van der Waals surface area contributed by atoms with Crippen molar-refractivity contribution in [2.45, 2.75) is 32.3 Å². The van der Waals surface area contributed by atoms with Crippen molar-refractivity contribution in [2.75, 3.05) is 0 Å². The minimum absolute atomic E-state index is 0.150. The van der Waals surface area contributed by atoms with Gasteiger partial charge in [-0.1, -0.05) is 53.6 Å². The molecule has 0 saturated heterocycles. The van der Waals surface area contributed by atoms with Gasteiger partial charge in [0.2, 0.25) is 5.88 Å². The molecule has 0 radical (unpaired) electrons. The number of azo groups is 1. The van der Waals surface area contributed by atoms with Crippen LogP contribution in [0.1, 0.15) is 28.2 Å². The summed E-state index contributed by atoms with van der Waals surface area (Å²) in [5.41, 5.74) is 4.80. The van der Waals surface area contributed by atoms with Crippen LogP contribution in [0.15, 0.2) is 70.6 Å². The first-order valence-electron chi connectivity index (χ1n) is 9.94. The number of rotatable bonds is 5. The number of carboxylic acids is 1. The van der Waals surface area contributed by atoms with Crippen LogP contribution >= 0.6 is 0 Å². The molecule has 2 aromatic carbocycles. The maximum atomic E-state index is 11.2. The van der Waals surface area contributed by atoms with Gasteiger partial charge in [0.15, 0.2) is 5.69 Å². The summed E-state index contributed by atoms with van der Waals surface area (Å²) in [6.07, 6.45) is 4.32. The van der Waals surface area contributed by atoms with E-state index in [0.717, 1.165) is 16.7 Å². The number of fused-ring (bicyclic) bond motifs is 1. The first kappa shape index (κ1) is 20.6. The number of carboxylic acid groups (broad SMARTS) is 1. The molecule has 0 bridgehead atoms. The fourth-order valence-corrected chi connectivity index (χ4v) is 4.05. The zero-order valence-corrected chi connectivity index (χ0v) is 17.2. The molecule has 0 spiro atoms. The summed E-state index contributed by atoms with van der Waals surface area (Å²) in [6, 6.07) is 11.3. The maximum absolute atomic E-state index is 11.2. The van der Waals surface area contributed by atoms with Crippen LogP contribution in [-0.4, -0.2) is 32.4 Å². The predicted molar refractivity (Wildman–Crippen MR) is 118 cm³/mol. The SMILES string of the molecule is Cc1cc(C)cc(C2C=CC=C(N=Nc3c(O)[nH]c4cccc(CC(=O)O)c34)C2O)c1. The lowest BCUT2D eigenvalue weighted by Gasteiger charge is -2.23. The second-order valence-electron chi connectivity index (χ2n) is 7.80. The van der Waals surface area contributed by atoms with E-state index in [9.17, 15) is 20.1 Å². The van der Waals surface area contributed by atoms with Crippen molar-refractivity contribution in [1.29, 1.82) is 0 Å². The van der Waals surface area contributed by atoms with Crippen molar-refractivity contribution in [3.05, 3.63) is 82.6 Å². The summed E-state index contributed by atoms with van der Waals surface area (Å²) in [5, 5.41) is 39.3. The Bertz CT molecular complexity index is 1230. The van der Waals surface area contributed by atoms with Gasteiger partial charge in [-0.2, -0.15) is 5.11 Å². The second-order valence-corrected chi connectivity index (χ2v) is 7.80. The largest absolute Gasteiger partial charge is 0.493 e. The zero-order valence-electron chi connectivity index (χ0n) is 17.2. The van der Waals surface area contributed by atoms with E-state index >= 15 is 0 Å². The molecular weight excluding hydrogens is 394 g/mol. The van der Waals surface area contributed by atoms with E-state index in [1.807, 2.05) is 38.1 Å². The summed E-state index contributed by atoms with van der Waals surface area (Å²) in [6.45, 7) is 4.03. The van der Waals surface area contributed by atoms with Gasteiger partial charge >= 0.3 is 5.97 Å². The molecule has 4 N–H and O–H groups in total. The lowest BCUT2D eigenvalue weighted by molar-refractivity contribution is -0.136. The van der Waals surface area contributed by atoms with Gasteiger partial charge in [0.1, 0.15) is 6.10 Å². The number of aromatic amines is 1. The van der Waals surface area contributed by atoms with Crippen LogP contribution in [0.5, 0.6) is 5.88 Å². The summed E-state index contributed by atoms with van der Waals surface area (Å²) < 4.78 is 0. The van der Waals surface area contributed by atoms with E-state index in [0.29, 0.717) is 22.2 Å². The number of aliphatic hydroxyl groups excluding tert-OH is 1. The summed E-state index contributed by atoms with van der Waals surface area (Å²) >= 11 is 0. The molecule has 0 fully saturated rings. The Morgan fingerprint density at radius 3 is 2.58 bits per heavy atom. The molecule has 2 unspecified atom stereocenters. The highest BCUT2D eigenvalue weighted by Gasteiger charge is 2.25. The first-order valence-corrected chi connectivity index (χ1v) is 9.94. The smallest absolute Gasteiger partial charge is 0.307 e. The zero-order chi connectivity index (χ0) is 22.1. The molecule has 0 amide bonds. The first-order chi connectivity index (χ1) is 14.8. The number of nitrogens with zero attached hydrogens (tertiary/aromatic N) is 2. The van der Waals surface area contributed by atoms with Gasteiger partial charge in [0.05, 0.1) is 17.6 Å². The molecule has 2 atom stereocenters. The van der Waals surface area contributed by atoms with Crippen LogP contribution < -0.4 is 0 Å². The molecule has 7 heteroatoms. The van der Waals surface area contributed by atoms with Gasteiger partial charge in [0, 0.05) is 11.3 Å². The standard InChI is InChI=1S/C24H23N3O4/c1-13-9-14(2)11-16(10-13)17-6-4-8-19(23(17)30)26-27-22-21-15(12-20(28)29)5-3-7-18(21)25-24(22)31/h3-11,17,23,25,30-31H,12H2,1-2H3,(H,28,29). The molecule has 3 aromatic rings. The molecule has 0 saturated carbocycles. The number of hydrogen-bond acceptors (Lipinski definition) is 5. The molecule has 4 rings (SSSR count). The Morgan fingerprint density at radius 1 is 1.13 bits per heavy atom. The van der Waals surface area contributed by atoms with Gasteiger partial charge < -0.3 is 20.3 Å². The summed E-state index contributed by atoms with van der Waals surface area (Å²) in [5.74, 6) is -1.46. The van der Waals surface area contributed by atoms with Crippen LogP contribution in [0.2, 0.25) is 0 Å². The van der Waals surface area contributed by atoms with Crippen LogP contribution in [-0.2, 0) is 11.2 Å². The normalized spacial score (nSPS) is 18.6. The quantitative estimate of drug-likeness (QED) is 0.446. The minimum atomic E-state index is -0.983. The number of aliphatic carboxylic acids is 1. The number of nitrogens with one attached hydrogen (secondary N) is 1. The third-order valence-corrected chi connectivity index (χ3v) is 5.33. The number of carbonyl (C=O) groups is 1. The monoisotopic (exact) mass is 417 g/mol. The topological polar surface area (TPSA) is 118 Å². The van der Waals surface area contributed by atoms with Gasteiger partial charge in [-0.3, -0.25) is 4.79 Å². The number of aryl methyl sites for hydroxylation is 2. The predicted octanol–water partition coefficient (Wildman–Crippen LogP) is 4.80. The van der Waals surface area contributed by atoms with E-state index in [1.54, 1.807) is 24.3 Å². The molecule has 0 aliphatic heterocycles. The fraction of sp³-hybridized carbons (Fsp3) is 0.208. The van der Waals surface area contributed by atoms with E-state index in [2.05, 4.69) is 21.3 Å². The minimum Gasteiger partial charge on any atom is -0.493 e. The third-order valence-electron chi connectivity index (χ3n) is 5.33. The van der Waals surface area contributed by atoms with Gasteiger partial charge in [-0.05, 0) is 37.1 Å². The molecule has 1 aliphatic carbocycles. The number of aromatic nitrogens is 1. The van der Waals surface area contributed by atoms with E-state index in [4.69, 9.17) is 0 Å². The highest BCUT2D eigenvalue weighted by Crippen LogP contribution is 2.39. The number of H-pyrrole nitrogens is 1. The third kappa shape index (κ3) is 4.13. The number of hydrogen-bond donors (Lipinski definition) is 4. The van der Waals surface area contributed by atoms with Gasteiger partial charge in [-0.25, -0.2) is 0 Å². The average molecular weight is 417 g/mol. The lowest BCUT2D eigenvalue weighted by Crippen LogP contribution is -2.20. The number of aromatic hydroxyl groups is 1. The number of benzene rings is 2. The van der Waals surface area contributed by atoms with Crippen molar-refractivity contribution in [1.82, 2.24) is 4.98 Å². The van der Waals surface area contributed by atoms with Crippen molar-refractivity contribution in [3.63, 3.8) is 0 Å².